The zero-order valence-corrected chi connectivity index (χ0v) is 13.4. The molecule has 0 saturated heterocycles. The van der Waals surface area contributed by atoms with E-state index in [0.717, 1.165) is 0 Å². The lowest BCUT2D eigenvalue weighted by atomic mass is 10.2. The molecule has 0 fully saturated rings. The van der Waals surface area contributed by atoms with Gasteiger partial charge < -0.3 is 15.4 Å². The van der Waals surface area contributed by atoms with Crippen LogP contribution in [-0.2, 0) is 11.4 Å². The summed E-state index contributed by atoms with van der Waals surface area (Å²) in [5.41, 5.74) is 6.78. The predicted octanol–water partition coefficient (Wildman–Crippen LogP) is 2.72. The first-order chi connectivity index (χ1) is 11.5. The second kappa shape index (κ2) is 7.96. The van der Waals surface area contributed by atoms with Crippen molar-refractivity contribution in [1.82, 2.24) is 4.90 Å². The van der Waals surface area contributed by atoms with Crippen LogP contribution in [0.15, 0.2) is 53.7 Å². The highest BCUT2D eigenvalue weighted by Crippen LogP contribution is 2.15. The SMILES string of the molecule is CN(C)C(=O)O/N=C(/N)c1ccc(OCc2ccccc2F)cc1. The lowest BCUT2D eigenvalue weighted by Crippen LogP contribution is -2.23. The number of oxime groups is 1. The first-order valence-corrected chi connectivity index (χ1v) is 7.16. The van der Waals surface area contributed by atoms with Crippen LogP contribution in [0.5, 0.6) is 5.75 Å². The molecule has 0 spiro atoms. The second-order valence-corrected chi connectivity index (χ2v) is 5.13. The van der Waals surface area contributed by atoms with Gasteiger partial charge in [-0.25, -0.2) is 9.18 Å². The lowest BCUT2D eigenvalue weighted by Gasteiger charge is -2.08. The zero-order chi connectivity index (χ0) is 17.5. The minimum atomic E-state index is -0.622. The number of rotatable bonds is 5. The summed E-state index contributed by atoms with van der Waals surface area (Å²) in [5.74, 6) is 0.305. The minimum absolute atomic E-state index is 0.0610. The lowest BCUT2D eigenvalue weighted by molar-refractivity contribution is 0.122. The van der Waals surface area contributed by atoms with Crippen molar-refractivity contribution in [2.24, 2.45) is 10.9 Å². The second-order valence-electron chi connectivity index (χ2n) is 5.13. The molecule has 2 aromatic carbocycles. The molecule has 0 atom stereocenters. The van der Waals surface area contributed by atoms with Crippen LogP contribution in [0.4, 0.5) is 9.18 Å². The van der Waals surface area contributed by atoms with Crippen LogP contribution >= 0.6 is 0 Å². The number of nitrogens with two attached hydrogens (primary N) is 1. The summed E-state index contributed by atoms with van der Waals surface area (Å²) < 4.78 is 19.0. The van der Waals surface area contributed by atoms with E-state index in [2.05, 4.69) is 9.99 Å². The normalized spacial score (nSPS) is 11.0. The summed E-state index contributed by atoms with van der Waals surface area (Å²) in [6, 6.07) is 13.1. The largest absolute Gasteiger partial charge is 0.489 e. The third-order valence-electron chi connectivity index (χ3n) is 3.09. The first-order valence-electron chi connectivity index (χ1n) is 7.16. The van der Waals surface area contributed by atoms with Gasteiger partial charge >= 0.3 is 6.09 Å². The fourth-order valence-electron chi connectivity index (χ4n) is 1.72. The number of benzene rings is 2. The number of hydrogen-bond acceptors (Lipinski definition) is 4. The van der Waals surface area contributed by atoms with E-state index in [9.17, 15) is 9.18 Å². The number of carbonyl (C=O) groups is 1. The molecular weight excluding hydrogens is 313 g/mol. The Morgan fingerprint density at radius 2 is 1.83 bits per heavy atom. The number of ether oxygens (including phenoxy) is 1. The molecule has 2 rings (SSSR count). The van der Waals surface area contributed by atoms with Gasteiger partial charge in [-0.3, -0.25) is 4.84 Å². The fourth-order valence-corrected chi connectivity index (χ4v) is 1.72. The summed E-state index contributed by atoms with van der Waals surface area (Å²) in [6.07, 6.45) is -0.622. The summed E-state index contributed by atoms with van der Waals surface area (Å²) in [6.45, 7) is 0.121. The molecule has 1 amide bonds. The van der Waals surface area contributed by atoms with Gasteiger partial charge in [-0.15, -0.1) is 0 Å². The predicted molar refractivity (Wildman–Crippen MR) is 88.1 cm³/mol. The van der Waals surface area contributed by atoms with E-state index < -0.39 is 6.09 Å². The average Bonchev–Trinajstić information content (AvgIpc) is 2.59. The molecule has 0 unspecified atom stereocenters. The van der Waals surface area contributed by atoms with E-state index in [0.29, 0.717) is 16.9 Å². The van der Waals surface area contributed by atoms with Crippen LogP contribution in [0.25, 0.3) is 0 Å². The van der Waals surface area contributed by atoms with Crippen molar-refractivity contribution in [3.05, 3.63) is 65.5 Å². The molecule has 0 aliphatic rings. The van der Waals surface area contributed by atoms with Crippen LogP contribution in [0, 0.1) is 5.82 Å². The highest BCUT2D eigenvalue weighted by molar-refractivity contribution is 5.97. The van der Waals surface area contributed by atoms with Gasteiger partial charge in [-0.05, 0) is 30.3 Å². The smallest absolute Gasteiger partial charge is 0.435 e. The first kappa shape index (κ1) is 17.3. The Labute approximate surface area is 139 Å². The Morgan fingerprint density at radius 1 is 1.17 bits per heavy atom. The van der Waals surface area contributed by atoms with Gasteiger partial charge in [0.05, 0.1) is 0 Å². The number of nitrogens with zero attached hydrogens (tertiary/aromatic N) is 2. The Hall–Kier alpha value is -3.09. The average molecular weight is 331 g/mol. The molecule has 126 valence electrons. The van der Waals surface area contributed by atoms with E-state index in [4.69, 9.17) is 10.5 Å². The van der Waals surface area contributed by atoms with Crippen LogP contribution < -0.4 is 10.5 Å². The molecule has 0 aromatic heterocycles. The number of amidine groups is 1. The zero-order valence-electron chi connectivity index (χ0n) is 13.4. The van der Waals surface area contributed by atoms with E-state index in [1.54, 1.807) is 42.5 Å². The van der Waals surface area contributed by atoms with Gasteiger partial charge in [0.25, 0.3) is 0 Å². The Morgan fingerprint density at radius 3 is 2.46 bits per heavy atom. The molecule has 0 aliphatic heterocycles. The van der Waals surface area contributed by atoms with Crippen LogP contribution in [0.2, 0.25) is 0 Å². The minimum Gasteiger partial charge on any atom is -0.489 e. The van der Waals surface area contributed by atoms with Crippen LogP contribution in [0.1, 0.15) is 11.1 Å². The molecule has 0 bridgehead atoms. The molecule has 24 heavy (non-hydrogen) atoms. The van der Waals surface area contributed by atoms with Gasteiger partial charge in [-0.1, -0.05) is 23.4 Å². The van der Waals surface area contributed by atoms with Crippen molar-refractivity contribution in [3.8, 4) is 5.75 Å². The molecule has 2 aromatic rings. The number of amides is 1. The molecule has 0 radical (unpaired) electrons. The van der Waals surface area contributed by atoms with Crippen molar-refractivity contribution in [3.63, 3.8) is 0 Å². The van der Waals surface area contributed by atoms with E-state index in [1.165, 1.54) is 25.1 Å². The molecule has 0 aliphatic carbocycles. The molecule has 6 nitrogen and oxygen atoms in total. The van der Waals surface area contributed by atoms with Crippen molar-refractivity contribution in [2.75, 3.05) is 14.1 Å². The van der Waals surface area contributed by atoms with E-state index in [1.807, 2.05) is 0 Å². The maximum atomic E-state index is 13.5. The Kier molecular flexibility index (Phi) is 5.73. The highest BCUT2D eigenvalue weighted by atomic mass is 19.1. The topological polar surface area (TPSA) is 77.2 Å². The van der Waals surface area contributed by atoms with Crippen LogP contribution in [0.3, 0.4) is 0 Å². The molecule has 7 heteroatoms. The standard InChI is InChI=1S/C17H18FN3O3/c1-21(2)17(22)24-20-16(19)12-7-9-14(10-8-12)23-11-13-5-3-4-6-15(13)18/h3-10H,11H2,1-2H3,(H2,19,20). The van der Waals surface area contributed by atoms with Crippen LogP contribution in [-0.4, -0.2) is 30.9 Å². The van der Waals surface area contributed by atoms with Crippen molar-refractivity contribution >= 4 is 11.9 Å². The summed E-state index contributed by atoms with van der Waals surface area (Å²) in [4.78, 5) is 17.1. The van der Waals surface area contributed by atoms with E-state index >= 15 is 0 Å². The number of halogens is 1. The maximum Gasteiger partial charge on any atom is 0.435 e. The number of hydrogen-bond donors (Lipinski definition) is 1. The van der Waals surface area contributed by atoms with Crippen molar-refractivity contribution in [2.45, 2.75) is 6.61 Å². The van der Waals surface area contributed by atoms with Gasteiger partial charge in [0.2, 0.25) is 0 Å². The van der Waals surface area contributed by atoms with Gasteiger partial charge in [0, 0.05) is 25.2 Å². The number of carbonyl (C=O) groups excluding carboxylic acids is 1. The third-order valence-corrected chi connectivity index (χ3v) is 3.09. The van der Waals surface area contributed by atoms with Crippen molar-refractivity contribution < 1.29 is 18.8 Å². The third kappa shape index (κ3) is 4.70. The summed E-state index contributed by atoms with van der Waals surface area (Å²) in [7, 11) is 3.07. The maximum absolute atomic E-state index is 13.5. The monoisotopic (exact) mass is 331 g/mol. The highest BCUT2D eigenvalue weighted by Gasteiger charge is 2.06. The quantitative estimate of drug-likeness (QED) is 0.395. The molecule has 2 N–H and O–H groups in total. The van der Waals surface area contributed by atoms with E-state index in [-0.39, 0.29) is 18.3 Å². The Bertz CT molecular complexity index is 730. The summed E-state index contributed by atoms with van der Waals surface area (Å²) in [5, 5.41) is 3.56. The summed E-state index contributed by atoms with van der Waals surface area (Å²) >= 11 is 0. The van der Waals surface area contributed by atoms with Gasteiger partial charge in [0.15, 0.2) is 5.84 Å². The fraction of sp³-hybridized carbons (Fsp3) is 0.176. The molecule has 0 heterocycles. The Balaban J connectivity index is 1.96. The van der Waals surface area contributed by atoms with Gasteiger partial charge in [-0.2, -0.15) is 0 Å². The van der Waals surface area contributed by atoms with Crippen molar-refractivity contribution in [1.29, 1.82) is 0 Å². The van der Waals surface area contributed by atoms with Gasteiger partial charge in [0.1, 0.15) is 18.2 Å². The molecular formula is C17H18FN3O3. The molecule has 0 saturated carbocycles.